The maximum atomic E-state index is 5.85. The van der Waals surface area contributed by atoms with Gasteiger partial charge in [-0.1, -0.05) is 23.7 Å². The van der Waals surface area contributed by atoms with E-state index in [2.05, 4.69) is 46.5 Å². The molecule has 3 aromatic rings. The van der Waals surface area contributed by atoms with Gasteiger partial charge in [0.25, 0.3) is 0 Å². The summed E-state index contributed by atoms with van der Waals surface area (Å²) in [7, 11) is 0. The summed E-state index contributed by atoms with van der Waals surface area (Å²) in [6.07, 6.45) is 7.19. The van der Waals surface area contributed by atoms with Gasteiger partial charge in [-0.15, -0.1) is 0 Å². The first-order valence-corrected chi connectivity index (χ1v) is 7.52. The maximum absolute atomic E-state index is 5.85. The summed E-state index contributed by atoms with van der Waals surface area (Å²) >= 11 is 5.85. The van der Waals surface area contributed by atoms with E-state index in [4.69, 9.17) is 11.6 Å². The van der Waals surface area contributed by atoms with Crippen molar-refractivity contribution < 1.29 is 0 Å². The van der Waals surface area contributed by atoms with Crippen LogP contribution in [-0.2, 0) is 6.54 Å². The van der Waals surface area contributed by atoms with Crippen LogP contribution >= 0.6 is 11.6 Å². The van der Waals surface area contributed by atoms with Crippen molar-refractivity contribution in [2.75, 3.05) is 0 Å². The van der Waals surface area contributed by atoms with Gasteiger partial charge in [0.05, 0.1) is 17.0 Å². The summed E-state index contributed by atoms with van der Waals surface area (Å²) in [4.78, 5) is 8.38. The van der Waals surface area contributed by atoms with E-state index in [-0.39, 0.29) is 6.04 Å². The Morgan fingerprint density at radius 3 is 2.91 bits per heavy atom. The average molecular weight is 313 g/mol. The molecule has 4 nitrogen and oxygen atoms in total. The van der Waals surface area contributed by atoms with Crippen LogP contribution in [0.1, 0.15) is 24.2 Å². The molecule has 1 aromatic carbocycles. The summed E-state index contributed by atoms with van der Waals surface area (Å²) in [5, 5.41) is 4.13. The average Bonchev–Trinajstić information content (AvgIpc) is 3.09. The molecule has 0 bridgehead atoms. The molecule has 1 atom stereocenters. The number of hydrogen-bond donors (Lipinski definition) is 1. The van der Waals surface area contributed by atoms with Gasteiger partial charge in [-0.05, 0) is 36.8 Å². The number of benzene rings is 1. The van der Waals surface area contributed by atoms with Gasteiger partial charge in [-0.25, -0.2) is 4.98 Å². The van der Waals surface area contributed by atoms with Crippen molar-refractivity contribution in [3.8, 4) is 5.69 Å². The van der Waals surface area contributed by atoms with Crippen LogP contribution in [0.25, 0.3) is 5.69 Å². The zero-order valence-electron chi connectivity index (χ0n) is 12.3. The van der Waals surface area contributed by atoms with E-state index in [1.54, 1.807) is 18.7 Å². The van der Waals surface area contributed by atoms with Crippen molar-refractivity contribution in [2.24, 2.45) is 0 Å². The molecule has 0 radical (unpaired) electrons. The molecule has 0 amide bonds. The largest absolute Gasteiger partial charge is 0.306 e. The lowest BCUT2D eigenvalue weighted by Gasteiger charge is -2.15. The number of hydrogen-bond acceptors (Lipinski definition) is 3. The van der Waals surface area contributed by atoms with Crippen LogP contribution < -0.4 is 5.32 Å². The van der Waals surface area contributed by atoms with Gasteiger partial charge in [0.15, 0.2) is 0 Å². The molecular formula is C17H17ClN4. The third-order valence-electron chi connectivity index (χ3n) is 3.55. The van der Waals surface area contributed by atoms with Crippen molar-refractivity contribution >= 4 is 11.6 Å². The highest BCUT2D eigenvalue weighted by Crippen LogP contribution is 2.17. The SMILES string of the molecule is C[C@H](NCc1ccc(Cl)cn1)c1cccc(-n2ccnc2)c1. The van der Waals surface area contributed by atoms with Crippen LogP contribution in [0.15, 0.2) is 61.3 Å². The fourth-order valence-electron chi connectivity index (χ4n) is 2.25. The van der Waals surface area contributed by atoms with Crippen molar-refractivity contribution in [1.29, 1.82) is 0 Å². The Bertz CT molecular complexity index is 723. The molecule has 112 valence electrons. The van der Waals surface area contributed by atoms with E-state index in [1.165, 1.54) is 5.56 Å². The number of halogens is 1. The number of aromatic nitrogens is 3. The molecule has 3 rings (SSSR count). The second-order valence-corrected chi connectivity index (χ2v) is 5.57. The molecule has 0 aliphatic carbocycles. The van der Waals surface area contributed by atoms with E-state index < -0.39 is 0 Å². The zero-order chi connectivity index (χ0) is 15.4. The van der Waals surface area contributed by atoms with Crippen LogP contribution in [0.2, 0.25) is 5.02 Å². The minimum atomic E-state index is 0.223. The smallest absolute Gasteiger partial charge is 0.0991 e. The Morgan fingerprint density at radius 2 is 2.18 bits per heavy atom. The van der Waals surface area contributed by atoms with Gasteiger partial charge in [-0.2, -0.15) is 0 Å². The summed E-state index contributed by atoms with van der Waals surface area (Å²) in [5.41, 5.74) is 3.30. The number of nitrogens with one attached hydrogen (secondary N) is 1. The first kappa shape index (κ1) is 14.8. The predicted octanol–water partition coefficient (Wildman–Crippen LogP) is 3.77. The van der Waals surface area contributed by atoms with Gasteiger partial charge >= 0.3 is 0 Å². The van der Waals surface area contributed by atoms with Crippen LogP contribution in [0, 0.1) is 0 Å². The first-order valence-electron chi connectivity index (χ1n) is 7.14. The molecule has 22 heavy (non-hydrogen) atoms. The molecule has 0 fully saturated rings. The fourth-order valence-corrected chi connectivity index (χ4v) is 2.36. The van der Waals surface area contributed by atoms with Crippen molar-refractivity contribution in [2.45, 2.75) is 19.5 Å². The number of imidazole rings is 1. The van der Waals surface area contributed by atoms with Crippen molar-refractivity contribution in [1.82, 2.24) is 19.9 Å². The zero-order valence-corrected chi connectivity index (χ0v) is 13.0. The molecule has 0 saturated carbocycles. The Labute approximate surface area is 134 Å². The normalized spacial score (nSPS) is 12.3. The molecule has 2 heterocycles. The van der Waals surface area contributed by atoms with Crippen molar-refractivity contribution in [3.63, 3.8) is 0 Å². The molecule has 5 heteroatoms. The lowest BCUT2D eigenvalue weighted by atomic mass is 10.1. The fraction of sp³-hybridized carbons (Fsp3) is 0.176. The van der Waals surface area contributed by atoms with E-state index in [0.29, 0.717) is 11.6 Å². The standard InChI is InChI=1S/C17H17ClN4/c1-13(20-11-16-6-5-15(18)10-21-16)14-3-2-4-17(9-14)22-8-7-19-12-22/h2-10,12-13,20H,11H2,1H3/t13-/m0/s1. The summed E-state index contributed by atoms with van der Waals surface area (Å²) < 4.78 is 2.00. The molecule has 0 aliphatic heterocycles. The third kappa shape index (κ3) is 3.53. The highest BCUT2D eigenvalue weighted by atomic mass is 35.5. The predicted molar refractivity (Wildman–Crippen MR) is 88.1 cm³/mol. The van der Waals surface area contributed by atoms with Crippen molar-refractivity contribution in [3.05, 3.63) is 77.6 Å². The van der Waals surface area contributed by atoms with Crippen LogP contribution in [-0.4, -0.2) is 14.5 Å². The monoisotopic (exact) mass is 312 g/mol. The second-order valence-electron chi connectivity index (χ2n) is 5.14. The lowest BCUT2D eigenvalue weighted by Crippen LogP contribution is -2.18. The minimum Gasteiger partial charge on any atom is -0.306 e. The molecule has 0 unspecified atom stereocenters. The summed E-state index contributed by atoms with van der Waals surface area (Å²) in [6.45, 7) is 2.84. The molecule has 0 aliphatic rings. The van der Waals surface area contributed by atoms with Crippen LogP contribution in [0.4, 0.5) is 0 Å². The summed E-state index contributed by atoms with van der Waals surface area (Å²) in [6, 6.07) is 12.4. The quantitative estimate of drug-likeness (QED) is 0.780. The minimum absolute atomic E-state index is 0.223. The lowest BCUT2D eigenvalue weighted by molar-refractivity contribution is 0.567. The number of nitrogens with zero attached hydrogens (tertiary/aromatic N) is 3. The first-order chi connectivity index (χ1) is 10.7. The topological polar surface area (TPSA) is 42.7 Å². The van der Waals surface area contributed by atoms with Gasteiger partial charge in [0.2, 0.25) is 0 Å². The van der Waals surface area contributed by atoms with Gasteiger partial charge in [0, 0.05) is 36.9 Å². The van der Waals surface area contributed by atoms with E-state index in [0.717, 1.165) is 11.4 Å². The van der Waals surface area contributed by atoms with Crippen LogP contribution in [0.3, 0.4) is 0 Å². The Hall–Kier alpha value is -2.17. The third-order valence-corrected chi connectivity index (χ3v) is 3.77. The van der Waals surface area contributed by atoms with E-state index in [1.807, 2.05) is 22.9 Å². The maximum Gasteiger partial charge on any atom is 0.0991 e. The number of pyridine rings is 1. The van der Waals surface area contributed by atoms with E-state index in [9.17, 15) is 0 Å². The molecular weight excluding hydrogens is 296 g/mol. The van der Waals surface area contributed by atoms with Gasteiger partial charge < -0.3 is 9.88 Å². The Morgan fingerprint density at radius 1 is 1.27 bits per heavy atom. The molecule has 2 aromatic heterocycles. The van der Waals surface area contributed by atoms with Gasteiger partial charge in [-0.3, -0.25) is 4.98 Å². The van der Waals surface area contributed by atoms with E-state index >= 15 is 0 Å². The molecule has 0 spiro atoms. The number of rotatable bonds is 5. The van der Waals surface area contributed by atoms with Crippen LogP contribution in [0.5, 0.6) is 0 Å². The Kier molecular flexibility index (Phi) is 4.51. The Balaban J connectivity index is 1.68. The summed E-state index contributed by atoms with van der Waals surface area (Å²) in [5.74, 6) is 0. The van der Waals surface area contributed by atoms with Gasteiger partial charge in [0.1, 0.15) is 0 Å². The molecule has 0 saturated heterocycles. The second kappa shape index (κ2) is 6.73. The highest BCUT2D eigenvalue weighted by Gasteiger charge is 2.07. The molecule has 1 N–H and O–H groups in total. The highest BCUT2D eigenvalue weighted by molar-refractivity contribution is 6.30.